The van der Waals surface area contributed by atoms with E-state index in [4.69, 9.17) is 10.8 Å². The highest BCUT2D eigenvalue weighted by Crippen LogP contribution is 2.30. The minimum Gasteiger partial charge on any atom is -0.412 e. The van der Waals surface area contributed by atoms with Gasteiger partial charge in [-0.2, -0.15) is 0 Å². The molecular weight excluding hydrogens is 308 g/mol. The van der Waals surface area contributed by atoms with E-state index in [0.717, 1.165) is 18.4 Å². The zero-order valence-corrected chi connectivity index (χ0v) is 17.5. The number of aryl methyl sites for hydroxylation is 1. The first-order chi connectivity index (χ1) is 11.4. The minimum absolute atomic E-state index is 0.0254. The molecule has 0 saturated carbocycles. The third kappa shape index (κ3) is 6.83. The third-order valence-electron chi connectivity index (χ3n) is 5.26. The van der Waals surface area contributed by atoms with Gasteiger partial charge in [0.1, 0.15) is 0 Å². The van der Waals surface area contributed by atoms with Crippen molar-refractivity contribution in [1.29, 1.82) is 0 Å². The van der Waals surface area contributed by atoms with E-state index in [0.29, 0.717) is 0 Å². The molecule has 0 amide bonds. The average molecular weight is 345 g/mol. The summed E-state index contributed by atoms with van der Waals surface area (Å²) >= 11 is 0. The molecule has 0 radical (unpaired) electrons. The fraction of sp³-hybridized carbons (Fsp3) is 0.636. The first kappa shape index (κ1) is 21.0. The number of hydrogen-bond donors (Lipinski definition) is 0. The van der Waals surface area contributed by atoms with Crippen LogP contribution >= 0.6 is 0 Å². The second-order valence-electron chi connectivity index (χ2n) is 7.51. The Morgan fingerprint density at radius 3 is 2.29 bits per heavy atom. The van der Waals surface area contributed by atoms with Crippen LogP contribution in [0, 0.1) is 12.3 Å². The molecule has 1 aromatic rings. The summed E-state index contributed by atoms with van der Waals surface area (Å²) in [4.78, 5) is 0. The summed E-state index contributed by atoms with van der Waals surface area (Å²) in [5.74, 6) is 2.71. The Morgan fingerprint density at radius 1 is 1.04 bits per heavy atom. The Bertz CT molecular complexity index is 515. The van der Waals surface area contributed by atoms with Crippen LogP contribution in [0.5, 0.6) is 0 Å². The maximum absolute atomic E-state index is 6.68. The maximum atomic E-state index is 6.68. The van der Waals surface area contributed by atoms with Gasteiger partial charge in [0.15, 0.2) is 8.32 Å². The van der Waals surface area contributed by atoms with Crippen LogP contribution in [0.1, 0.15) is 71.4 Å². The van der Waals surface area contributed by atoms with E-state index in [1.165, 1.54) is 43.0 Å². The smallest absolute Gasteiger partial charge is 0.192 e. The van der Waals surface area contributed by atoms with Gasteiger partial charge in [-0.3, -0.25) is 0 Å². The molecule has 0 spiro atoms. The summed E-state index contributed by atoms with van der Waals surface area (Å²) in [6, 6.07) is 12.1. The zero-order chi connectivity index (χ0) is 18.1. The zero-order valence-electron chi connectivity index (χ0n) is 16.5. The molecule has 0 fully saturated rings. The predicted octanol–water partition coefficient (Wildman–Crippen LogP) is 6.57. The van der Waals surface area contributed by atoms with Crippen LogP contribution in [0.4, 0.5) is 0 Å². The van der Waals surface area contributed by atoms with E-state index >= 15 is 0 Å². The number of rotatable bonds is 11. The highest BCUT2D eigenvalue weighted by molar-refractivity contribution is 6.73. The van der Waals surface area contributed by atoms with Gasteiger partial charge >= 0.3 is 0 Å². The largest absolute Gasteiger partial charge is 0.412 e. The molecule has 1 nitrogen and oxygen atoms in total. The second-order valence-corrected chi connectivity index (χ2v) is 12.2. The van der Waals surface area contributed by atoms with Crippen molar-refractivity contribution < 1.29 is 4.43 Å². The summed E-state index contributed by atoms with van der Waals surface area (Å²) in [5.41, 5.74) is 2.37. The molecule has 0 unspecified atom stereocenters. The van der Waals surface area contributed by atoms with E-state index in [2.05, 4.69) is 58.7 Å². The van der Waals surface area contributed by atoms with Gasteiger partial charge in [0.25, 0.3) is 0 Å². The normalized spacial score (nSPS) is 12.2. The molecule has 0 N–H and O–H groups in total. The second kappa shape index (κ2) is 10.1. The quantitative estimate of drug-likeness (QED) is 0.250. The van der Waals surface area contributed by atoms with Crippen molar-refractivity contribution in [3.63, 3.8) is 0 Å². The van der Waals surface area contributed by atoms with E-state index in [1.807, 2.05) is 6.07 Å². The van der Waals surface area contributed by atoms with Crippen LogP contribution in [0.3, 0.4) is 0 Å². The lowest BCUT2D eigenvalue weighted by atomic mass is 9.99. The first-order valence-electron chi connectivity index (χ1n) is 9.66. The van der Waals surface area contributed by atoms with Crippen LogP contribution in [0.2, 0.25) is 18.1 Å². The Labute approximate surface area is 151 Å². The summed E-state index contributed by atoms with van der Waals surface area (Å²) in [7, 11) is -1.50. The van der Waals surface area contributed by atoms with Crippen molar-refractivity contribution in [3.05, 3.63) is 35.4 Å². The van der Waals surface area contributed by atoms with Gasteiger partial charge in [0.05, 0.1) is 5.60 Å². The number of terminal acetylenes is 1. The van der Waals surface area contributed by atoms with Crippen molar-refractivity contribution in [3.8, 4) is 12.3 Å². The maximum Gasteiger partial charge on any atom is 0.192 e. The monoisotopic (exact) mass is 344 g/mol. The highest BCUT2D eigenvalue weighted by Gasteiger charge is 2.35. The lowest BCUT2D eigenvalue weighted by molar-refractivity contribution is 0.0828. The molecule has 24 heavy (non-hydrogen) atoms. The molecule has 0 saturated heterocycles. The van der Waals surface area contributed by atoms with Gasteiger partial charge in [-0.05, 0) is 68.9 Å². The van der Waals surface area contributed by atoms with Crippen molar-refractivity contribution in [1.82, 2.24) is 0 Å². The molecular formula is C22H36OSi. The van der Waals surface area contributed by atoms with Crippen LogP contribution in [0.15, 0.2) is 24.3 Å². The topological polar surface area (TPSA) is 9.23 Å². The molecule has 1 aromatic carbocycles. The van der Waals surface area contributed by atoms with Crippen molar-refractivity contribution in [2.75, 3.05) is 0 Å². The number of unbranched alkanes of at least 4 members (excludes halogenated alkanes) is 2. The molecule has 2 heteroatoms. The van der Waals surface area contributed by atoms with E-state index in [9.17, 15) is 0 Å². The van der Waals surface area contributed by atoms with Crippen molar-refractivity contribution in [2.24, 2.45) is 0 Å². The number of hydrogen-bond acceptors (Lipinski definition) is 1. The van der Waals surface area contributed by atoms with Gasteiger partial charge < -0.3 is 4.43 Å². The van der Waals surface area contributed by atoms with Crippen LogP contribution < -0.4 is 0 Å². The summed E-state index contributed by atoms with van der Waals surface area (Å²) < 4.78 is 6.68. The molecule has 0 heterocycles. The molecule has 0 aliphatic rings. The summed E-state index contributed by atoms with van der Waals surface area (Å²) in [5, 5.41) is 0. The Morgan fingerprint density at radius 2 is 1.71 bits per heavy atom. The van der Waals surface area contributed by atoms with E-state index < -0.39 is 8.32 Å². The Kier molecular flexibility index (Phi) is 8.80. The van der Waals surface area contributed by atoms with Gasteiger partial charge in [0.2, 0.25) is 0 Å². The molecule has 0 atom stereocenters. The summed E-state index contributed by atoms with van der Waals surface area (Å²) in [6.07, 6.45) is 11.5. The molecule has 0 bridgehead atoms. The van der Waals surface area contributed by atoms with Crippen molar-refractivity contribution >= 4 is 8.32 Å². The van der Waals surface area contributed by atoms with Crippen molar-refractivity contribution in [2.45, 2.75) is 90.5 Å². The Balaban J connectivity index is 2.36. The third-order valence-corrected chi connectivity index (χ3v) is 10.1. The standard InChI is InChI=1S/C22H36OSi/c1-7-20-16-14-17-21(19-20)15-12-11-13-18-22(5,6)23-24(8-2,9-3)10-4/h1,14,16-17,19H,8-13,15,18H2,2-6H3. The van der Waals surface area contributed by atoms with Crippen LogP contribution in [0.25, 0.3) is 0 Å². The molecule has 0 aliphatic carbocycles. The van der Waals surface area contributed by atoms with E-state index in [1.54, 1.807) is 0 Å². The minimum atomic E-state index is -1.50. The van der Waals surface area contributed by atoms with Gasteiger partial charge in [-0.25, -0.2) is 0 Å². The fourth-order valence-electron chi connectivity index (χ4n) is 3.48. The Hall–Kier alpha value is -1.04. The molecule has 0 aliphatic heterocycles. The first-order valence-corrected chi connectivity index (χ1v) is 12.2. The molecule has 0 aromatic heterocycles. The lowest BCUT2D eigenvalue weighted by Gasteiger charge is -2.38. The van der Waals surface area contributed by atoms with Crippen LogP contribution in [-0.2, 0) is 10.8 Å². The van der Waals surface area contributed by atoms with Gasteiger partial charge in [-0.1, -0.05) is 51.7 Å². The van der Waals surface area contributed by atoms with Gasteiger partial charge in [0, 0.05) is 5.56 Å². The SMILES string of the molecule is C#Cc1cccc(CCCCCC(C)(C)O[Si](CC)(CC)CC)c1. The van der Waals surface area contributed by atoms with E-state index in [-0.39, 0.29) is 5.60 Å². The number of benzene rings is 1. The highest BCUT2D eigenvalue weighted by atomic mass is 28.4. The fourth-order valence-corrected chi connectivity index (χ4v) is 6.68. The molecule has 1 rings (SSSR count). The summed E-state index contributed by atoms with van der Waals surface area (Å²) in [6.45, 7) is 11.5. The van der Waals surface area contributed by atoms with Crippen LogP contribution in [-0.4, -0.2) is 13.9 Å². The van der Waals surface area contributed by atoms with Gasteiger partial charge in [-0.15, -0.1) is 6.42 Å². The average Bonchev–Trinajstić information content (AvgIpc) is 2.59. The predicted molar refractivity (Wildman–Crippen MR) is 109 cm³/mol. The molecule has 134 valence electrons. The lowest BCUT2D eigenvalue weighted by Crippen LogP contribution is -2.44.